The van der Waals surface area contributed by atoms with Crippen LogP contribution in [0.5, 0.6) is 5.75 Å². The molecule has 0 aliphatic rings. The van der Waals surface area contributed by atoms with Crippen LogP contribution in [0.3, 0.4) is 0 Å². The van der Waals surface area contributed by atoms with Crippen LogP contribution in [0.2, 0.25) is 0 Å². The van der Waals surface area contributed by atoms with E-state index in [9.17, 15) is 4.79 Å². The Labute approximate surface area is 169 Å². The van der Waals surface area contributed by atoms with Crippen molar-refractivity contribution >= 4 is 18.1 Å². The summed E-state index contributed by atoms with van der Waals surface area (Å²) in [5, 5.41) is 9.91. The van der Waals surface area contributed by atoms with Gasteiger partial charge in [-0.05, 0) is 50.7 Å². The highest BCUT2D eigenvalue weighted by atomic mass is 32.1. The SMILES string of the molecule is Cc1cccc(-c2n[nH]c(=S)n2CC(=O)NCCOc2ccc(C)cc2C)c1. The van der Waals surface area contributed by atoms with Crippen LogP contribution in [0.15, 0.2) is 42.5 Å². The van der Waals surface area contributed by atoms with Crippen molar-refractivity contribution in [3.8, 4) is 17.1 Å². The van der Waals surface area contributed by atoms with Crippen LogP contribution in [-0.4, -0.2) is 33.8 Å². The molecule has 0 saturated carbocycles. The van der Waals surface area contributed by atoms with Crippen LogP contribution < -0.4 is 10.1 Å². The molecule has 2 N–H and O–H groups in total. The zero-order chi connectivity index (χ0) is 20.1. The minimum atomic E-state index is -0.143. The number of amides is 1. The lowest BCUT2D eigenvalue weighted by atomic mass is 10.1. The largest absolute Gasteiger partial charge is 0.491 e. The molecule has 1 aromatic heterocycles. The van der Waals surface area contributed by atoms with Crippen molar-refractivity contribution in [3.05, 3.63) is 63.9 Å². The lowest BCUT2D eigenvalue weighted by Gasteiger charge is -2.11. The number of hydrogen-bond acceptors (Lipinski definition) is 4. The van der Waals surface area contributed by atoms with Gasteiger partial charge in [0.2, 0.25) is 5.91 Å². The van der Waals surface area contributed by atoms with E-state index in [1.54, 1.807) is 4.57 Å². The first kappa shape index (κ1) is 19.8. The number of aromatic nitrogens is 3. The first-order valence-corrected chi connectivity index (χ1v) is 9.54. The molecule has 3 rings (SSSR count). The molecule has 146 valence electrons. The lowest BCUT2D eigenvalue weighted by molar-refractivity contribution is -0.121. The van der Waals surface area contributed by atoms with E-state index in [-0.39, 0.29) is 12.5 Å². The number of nitrogens with zero attached hydrogens (tertiary/aromatic N) is 2. The number of nitrogens with one attached hydrogen (secondary N) is 2. The fourth-order valence-electron chi connectivity index (χ4n) is 2.98. The fourth-order valence-corrected chi connectivity index (χ4v) is 3.18. The molecule has 6 nitrogen and oxygen atoms in total. The molecule has 0 aliphatic heterocycles. The summed E-state index contributed by atoms with van der Waals surface area (Å²) in [6.07, 6.45) is 0. The van der Waals surface area contributed by atoms with Gasteiger partial charge in [0.15, 0.2) is 10.6 Å². The minimum Gasteiger partial charge on any atom is -0.491 e. The molecule has 0 aliphatic carbocycles. The maximum atomic E-state index is 12.4. The Morgan fingerprint density at radius 3 is 2.71 bits per heavy atom. The molecule has 7 heteroatoms. The average Bonchev–Trinajstić information content (AvgIpc) is 3.01. The summed E-state index contributed by atoms with van der Waals surface area (Å²) in [6.45, 7) is 6.98. The van der Waals surface area contributed by atoms with Crippen molar-refractivity contribution in [2.75, 3.05) is 13.2 Å². The first-order valence-electron chi connectivity index (χ1n) is 9.13. The highest BCUT2D eigenvalue weighted by Crippen LogP contribution is 2.19. The Hall–Kier alpha value is -2.93. The van der Waals surface area contributed by atoms with Gasteiger partial charge >= 0.3 is 0 Å². The predicted octanol–water partition coefficient (Wildman–Crippen LogP) is 3.73. The van der Waals surface area contributed by atoms with Gasteiger partial charge in [-0.2, -0.15) is 5.10 Å². The number of ether oxygens (including phenoxy) is 1. The Morgan fingerprint density at radius 1 is 1.18 bits per heavy atom. The standard InChI is InChI=1S/C21H24N4O2S/c1-14-5-4-6-17(12-14)20-23-24-21(28)25(20)13-19(26)22-9-10-27-18-8-7-15(2)11-16(18)3/h4-8,11-12H,9-10,13H2,1-3H3,(H,22,26)(H,24,28). The molecule has 1 amide bonds. The minimum absolute atomic E-state index is 0.0994. The zero-order valence-corrected chi connectivity index (χ0v) is 17.1. The number of carbonyl (C=O) groups excluding carboxylic acids is 1. The molecular formula is C21H24N4O2S. The Bertz CT molecular complexity index is 1040. The normalized spacial score (nSPS) is 10.7. The molecule has 28 heavy (non-hydrogen) atoms. The molecule has 1 heterocycles. The Balaban J connectivity index is 1.57. The summed E-state index contributed by atoms with van der Waals surface area (Å²) in [4.78, 5) is 12.4. The van der Waals surface area contributed by atoms with Crippen LogP contribution in [0, 0.1) is 25.5 Å². The third-order valence-electron chi connectivity index (χ3n) is 4.35. The van der Waals surface area contributed by atoms with Crippen molar-refractivity contribution in [1.29, 1.82) is 0 Å². The molecule has 3 aromatic rings. The van der Waals surface area contributed by atoms with Gasteiger partial charge in [0, 0.05) is 5.56 Å². The highest BCUT2D eigenvalue weighted by Gasteiger charge is 2.12. The van der Waals surface area contributed by atoms with Gasteiger partial charge in [0.25, 0.3) is 0 Å². The number of aromatic amines is 1. The van der Waals surface area contributed by atoms with Crippen LogP contribution >= 0.6 is 12.2 Å². The highest BCUT2D eigenvalue weighted by molar-refractivity contribution is 7.71. The van der Waals surface area contributed by atoms with Crippen molar-refractivity contribution in [2.45, 2.75) is 27.3 Å². The quantitative estimate of drug-likeness (QED) is 0.472. The Morgan fingerprint density at radius 2 is 1.96 bits per heavy atom. The summed E-state index contributed by atoms with van der Waals surface area (Å²) in [5.74, 6) is 1.34. The van der Waals surface area contributed by atoms with Gasteiger partial charge in [-0.1, -0.05) is 41.5 Å². The lowest BCUT2D eigenvalue weighted by Crippen LogP contribution is -2.31. The number of carbonyl (C=O) groups is 1. The summed E-state index contributed by atoms with van der Waals surface area (Å²) in [6, 6.07) is 14.0. The number of benzene rings is 2. The Kier molecular flexibility index (Phi) is 6.26. The fraction of sp³-hybridized carbons (Fsp3) is 0.286. The van der Waals surface area contributed by atoms with E-state index >= 15 is 0 Å². The molecule has 2 aromatic carbocycles. The molecule has 0 spiro atoms. The summed E-state index contributed by atoms with van der Waals surface area (Å²) in [5.41, 5.74) is 4.31. The monoisotopic (exact) mass is 396 g/mol. The number of aryl methyl sites for hydroxylation is 3. The summed E-state index contributed by atoms with van der Waals surface area (Å²) in [7, 11) is 0. The second kappa shape index (κ2) is 8.84. The van der Waals surface area contributed by atoms with Crippen LogP contribution in [0.25, 0.3) is 11.4 Å². The third kappa shape index (κ3) is 4.86. The number of H-pyrrole nitrogens is 1. The van der Waals surface area contributed by atoms with Crippen LogP contribution in [0.1, 0.15) is 16.7 Å². The predicted molar refractivity (Wildman–Crippen MR) is 112 cm³/mol. The van der Waals surface area contributed by atoms with E-state index in [2.05, 4.69) is 21.6 Å². The molecule has 0 unspecified atom stereocenters. The molecular weight excluding hydrogens is 372 g/mol. The average molecular weight is 397 g/mol. The third-order valence-corrected chi connectivity index (χ3v) is 4.66. The molecule has 0 atom stereocenters. The number of hydrogen-bond donors (Lipinski definition) is 2. The van der Waals surface area contributed by atoms with Crippen molar-refractivity contribution in [1.82, 2.24) is 20.1 Å². The van der Waals surface area contributed by atoms with Gasteiger partial charge in [-0.15, -0.1) is 0 Å². The first-order chi connectivity index (χ1) is 13.4. The van der Waals surface area contributed by atoms with E-state index in [1.807, 2.05) is 57.2 Å². The summed E-state index contributed by atoms with van der Waals surface area (Å²) >= 11 is 5.29. The second-order valence-electron chi connectivity index (χ2n) is 6.78. The van der Waals surface area contributed by atoms with Crippen LogP contribution in [0.4, 0.5) is 0 Å². The summed E-state index contributed by atoms with van der Waals surface area (Å²) < 4.78 is 7.86. The maximum Gasteiger partial charge on any atom is 0.240 e. The molecule has 0 bridgehead atoms. The molecule has 0 fully saturated rings. The van der Waals surface area contributed by atoms with E-state index in [1.165, 1.54) is 5.56 Å². The van der Waals surface area contributed by atoms with Gasteiger partial charge in [0.05, 0.1) is 6.54 Å². The smallest absolute Gasteiger partial charge is 0.240 e. The second-order valence-corrected chi connectivity index (χ2v) is 7.16. The van der Waals surface area contributed by atoms with Gasteiger partial charge in [0.1, 0.15) is 18.9 Å². The molecule has 0 saturated heterocycles. The topological polar surface area (TPSA) is 71.9 Å². The van der Waals surface area contributed by atoms with Crippen molar-refractivity contribution in [3.63, 3.8) is 0 Å². The van der Waals surface area contributed by atoms with E-state index < -0.39 is 0 Å². The van der Waals surface area contributed by atoms with E-state index in [4.69, 9.17) is 17.0 Å². The maximum absolute atomic E-state index is 12.4. The van der Waals surface area contributed by atoms with Crippen molar-refractivity contribution < 1.29 is 9.53 Å². The van der Waals surface area contributed by atoms with Crippen molar-refractivity contribution in [2.24, 2.45) is 0 Å². The van der Waals surface area contributed by atoms with Gasteiger partial charge < -0.3 is 10.1 Å². The van der Waals surface area contributed by atoms with Gasteiger partial charge in [-0.3, -0.25) is 14.5 Å². The molecule has 0 radical (unpaired) electrons. The zero-order valence-electron chi connectivity index (χ0n) is 16.3. The van der Waals surface area contributed by atoms with E-state index in [0.29, 0.717) is 23.7 Å². The van der Waals surface area contributed by atoms with E-state index in [0.717, 1.165) is 22.4 Å². The van der Waals surface area contributed by atoms with Crippen LogP contribution in [-0.2, 0) is 11.3 Å². The van der Waals surface area contributed by atoms with Gasteiger partial charge in [-0.25, -0.2) is 0 Å². The number of rotatable bonds is 7.